The Morgan fingerprint density at radius 2 is 1.95 bits per heavy atom. The minimum absolute atomic E-state index is 0.325. The van der Waals surface area contributed by atoms with Crippen molar-refractivity contribution in [2.24, 2.45) is 5.92 Å². The Bertz CT molecular complexity index is 390. The molecule has 0 bridgehead atoms. The molecule has 0 aliphatic heterocycles. The lowest BCUT2D eigenvalue weighted by atomic mass is 10.00. The van der Waals surface area contributed by atoms with Gasteiger partial charge < -0.3 is 15.2 Å². The molecule has 0 amide bonds. The molecule has 2 N–H and O–H groups in total. The largest absolute Gasteiger partial charge is 0.491 e. The monoisotopic (exact) mass is 341 g/mol. The van der Waals surface area contributed by atoms with Gasteiger partial charge >= 0.3 is 0 Å². The van der Waals surface area contributed by atoms with E-state index >= 15 is 0 Å². The van der Waals surface area contributed by atoms with Gasteiger partial charge in [0.1, 0.15) is 18.5 Å². The fourth-order valence-corrected chi connectivity index (χ4v) is 2.99. The van der Waals surface area contributed by atoms with Crippen LogP contribution in [0.2, 0.25) is 0 Å². The molecule has 2 atom stereocenters. The number of aliphatic hydroxyl groups excluding tert-OH is 1. The smallest absolute Gasteiger partial charge is 0.119 e. The highest BCUT2D eigenvalue weighted by Crippen LogP contribution is 2.27. The minimum Gasteiger partial charge on any atom is -0.491 e. The molecule has 1 saturated carbocycles. The molecule has 112 valence electrons. The lowest BCUT2D eigenvalue weighted by molar-refractivity contribution is 0.102. The molecule has 1 aromatic rings. The highest BCUT2D eigenvalue weighted by atomic mass is 79.9. The molecule has 1 aliphatic rings. The van der Waals surface area contributed by atoms with Gasteiger partial charge in [0.15, 0.2) is 0 Å². The van der Waals surface area contributed by atoms with Crippen LogP contribution in [0.5, 0.6) is 5.75 Å². The van der Waals surface area contributed by atoms with Gasteiger partial charge in [0, 0.05) is 17.1 Å². The fraction of sp³-hybridized carbons (Fsp3) is 0.625. The Balaban J connectivity index is 1.64. The zero-order valence-corrected chi connectivity index (χ0v) is 13.6. The van der Waals surface area contributed by atoms with Crippen LogP contribution in [-0.2, 0) is 0 Å². The summed E-state index contributed by atoms with van der Waals surface area (Å²) in [6.07, 6.45) is 4.87. The van der Waals surface area contributed by atoms with Crippen molar-refractivity contribution < 1.29 is 9.84 Å². The first-order valence-corrected chi connectivity index (χ1v) is 8.24. The maximum Gasteiger partial charge on any atom is 0.119 e. The summed E-state index contributed by atoms with van der Waals surface area (Å²) in [5, 5.41) is 13.4. The standard InChI is InChI=1S/C16H24BrNO2/c1-12(13-4-2-3-5-13)18-10-15(19)11-20-16-8-6-14(17)7-9-16/h6-9,12-13,15,18-19H,2-5,10-11H2,1H3/t12-,15?/m0/s1. The number of hydrogen-bond donors (Lipinski definition) is 2. The molecular formula is C16H24BrNO2. The highest BCUT2D eigenvalue weighted by Gasteiger charge is 2.21. The maximum absolute atomic E-state index is 9.96. The van der Waals surface area contributed by atoms with Gasteiger partial charge in [-0.3, -0.25) is 0 Å². The topological polar surface area (TPSA) is 41.5 Å². The first-order valence-electron chi connectivity index (χ1n) is 7.45. The average Bonchev–Trinajstić information content (AvgIpc) is 2.98. The number of ether oxygens (including phenoxy) is 1. The molecule has 0 heterocycles. The summed E-state index contributed by atoms with van der Waals surface area (Å²) in [5.74, 6) is 1.56. The zero-order valence-electron chi connectivity index (χ0n) is 12.0. The van der Waals surface area contributed by atoms with Crippen LogP contribution in [0, 0.1) is 5.92 Å². The summed E-state index contributed by atoms with van der Waals surface area (Å²) in [6, 6.07) is 8.14. The highest BCUT2D eigenvalue weighted by molar-refractivity contribution is 9.10. The second kappa shape index (κ2) is 8.01. The third-order valence-corrected chi connectivity index (χ3v) is 4.57. The van der Waals surface area contributed by atoms with Crippen LogP contribution in [0.25, 0.3) is 0 Å². The molecule has 1 fully saturated rings. The predicted octanol–water partition coefficient (Wildman–Crippen LogP) is 3.36. The van der Waals surface area contributed by atoms with Gasteiger partial charge in [0.05, 0.1) is 0 Å². The Morgan fingerprint density at radius 3 is 2.60 bits per heavy atom. The van der Waals surface area contributed by atoms with E-state index in [0.29, 0.717) is 19.2 Å². The molecular weight excluding hydrogens is 318 g/mol. The van der Waals surface area contributed by atoms with Crippen LogP contribution in [0.4, 0.5) is 0 Å². The van der Waals surface area contributed by atoms with Gasteiger partial charge in [-0.05, 0) is 49.9 Å². The van der Waals surface area contributed by atoms with E-state index in [1.807, 2.05) is 24.3 Å². The first-order chi connectivity index (χ1) is 9.65. The minimum atomic E-state index is -0.470. The van der Waals surface area contributed by atoms with Crippen molar-refractivity contribution in [2.75, 3.05) is 13.2 Å². The Labute approximate surface area is 129 Å². The van der Waals surface area contributed by atoms with E-state index in [2.05, 4.69) is 28.2 Å². The summed E-state index contributed by atoms with van der Waals surface area (Å²) in [6.45, 7) is 3.14. The van der Waals surface area contributed by atoms with E-state index in [-0.39, 0.29) is 0 Å². The van der Waals surface area contributed by atoms with Crippen LogP contribution in [0.3, 0.4) is 0 Å². The van der Waals surface area contributed by atoms with Crippen molar-refractivity contribution >= 4 is 15.9 Å². The van der Waals surface area contributed by atoms with E-state index in [1.165, 1.54) is 25.7 Å². The van der Waals surface area contributed by atoms with Crippen LogP contribution in [-0.4, -0.2) is 30.4 Å². The Morgan fingerprint density at radius 1 is 1.30 bits per heavy atom. The summed E-state index contributed by atoms with van der Waals surface area (Å²) >= 11 is 3.38. The van der Waals surface area contributed by atoms with Crippen LogP contribution in [0.1, 0.15) is 32.6 Å². The number of benzene rings is 1. The van der Waals surface area contributed by atoms with E-state index < -0.39 is 6.10 Å². The van der Waals surface area contributed by atoms with Gasteiger partial charge in [-0.1, -0.05) is 28.8 Å². The van der Waals surface area contributed by atoms with E-state index in [1.54, 1.807) is 0 Å². The number of nitrogens with one attached hydrogen (secondary N) is 1. The molecule has 1 aromatic carbocycles. The van der Waals surface area contributed by atoms with Crippen molar-refractivity contribution in [3.05, 3.63) is 28.7 Å². The molecule has 4 heteroatoms. The lowest BCUT2D eigenvalue weighted by Gasteiger charge is -2.22. The summed E-state index contributed by atoms with van der Waals surface area (Å²) in [7, 11) is 0. The molecule has 0 spiro atoms. The summed E-state index contributed by atoms with van der Waals surface area (Å²) in [4.78, 5) is 0. The second-order valence-corrected chi connectivity index (χ2v) is 6.58. The van der Waals surface area contributed by atoms with Crippen molar-refractivity contribution in [3.63, 3.8) is 0 Å². The van der Waals surface area contributed by atoms with Gasteiger partial charge in [-0.2, -0.15) is 0 Å². The molecule has 1 aliphatic carbocycles. The number of rotatable bonds is 7. The number of halogens is 1. The predicted molar refractivity (Wildman–Crippen MR) is 85.1 cm³/mol. The Hall–Kier alpha value is -0.580. The van der Waals surface area contributed by atoms with E-state index in [0.717, 1.165) is 16.1 Å². The molecule has 1 unspecified atom stereocenters. The molecule has 0 aromatic heterocycles. The van der Waals surface area contributed by atoms with Crippen molar-refractivity contribution in [2.45, 2.75) is 44.8 Å². The molecule has 0 saturated heterocycles. The van der Waals surface area contributed by atoms with Crippen molar-refractivity contribution in [1.29, 1.82) is 0 Å². The molecule has 0 radical (unpaired) electrons. The summed E-state index contributed by atoms with van der Waals surface area (Å²) in [5.41, 5.74) is 0. The van der Waals surface area contributed by atoms with Crippen molar-refractivity contribution in [1.82, 2.24) is 5.32 Å². The Kier molecular flexibility index (Phi) is 6.33. The third kappa shape index (κ3) is 5.08. The number of hydrogen-bond acceptors (Lipinski definition) is 3. The molecule has 3 nitrogen and oxygen atoms in total. The molecule has 20 heavy (non-hydrogen) atoms. The van der Waals surface area contributed by atoms with Gasteiger partial charge in [0.25, 0.3) is 0 Å². The van der Waals surface area contributed by atoms with Gasteiger partial charge in [-0.25, -0.2) is 0 Å². The second-order valence-electron chi connectivity index (χ2n) is 5.66. The third-order valence-electron chi connectivity index (χ3n) is 4.04. The SMILES string of the molecule is C[C@H](NCC(O)COc1ccc(Br)cc1)C1CCCC1. The zero-order chi connectivity index (χ0) is 14.4. The fourth-order valence-electron chi connectivity index (χ4n) is 2.73. The quantitative estimate of drug-likeness (QED) is 0.798. The average molecular weight is 342 g/mol. The van der Waals surface area contributed by atoms with Gasteiger partial charge in [-0.15, -0.1) is 0 Å². The maximum atomic E-state index is 9.96. The first kappa shape index (κ1) is 15.8. The lowest BCUT2D eigenvalue weighted by Crippen LogP contribution is -2.39. The van der Waals surface area contributed by atoms with Crippen LogP contribution < -0.4 is 10.1 Å². The van der Waals surface area contributed by atoms with E-state index in [9.17, 15) is 5.11 Å². The van der Waals surface area contributed by atoms with Crippen LogP contribution in [0.15, 0.2) is 28.7 Å². The number of aliphatic hydroxyl groups is 1. The summed E-state index contributed by atoms with van der Waals surface area (Å²) < 4.78 is 6.60. The van der Waals surface area contributed by atoms with E-state index in [4.69, 9.17) is 4.74 Å². The van der Waals surface area contributed by atoms with Crippen molar-refractivity contribution in [3.8, 4) is 5.75 Å². The molecule has 2 rings (SSSR count). The normalized spacial score (nSPS) is 18.9. The van der Waals surface area contributed by atoms with Crippen LogP contribution >= 0.6 is 15.9 Å². The van der Waals surface area contributed by atoms with Gasteiger partial charge in [0.2, 0.25) is 0 Å².